The van der Waals surface area contributed by atoms with E-state index in [9.17, 15) is 9.90 Å². The maximum Gasteiger partial charge on any atom is 0.270 e. The van der Waals surface area contributed by atoms with E-state index in [1.807, 2.05) is 28.1 Å². The van der Waals surface area contributed by atoms with Gasteiger partial charge in [0.25, 0.3) is 5.91 Å². The second kappa shape index (κ2) is 7.78. The van der Waals surface area contributed by atoms with Crippen molar-refractivity contribution in [2.24, 2.45) is 16.9 Å². The number of anilines is 1. The third-order valence-electron chi connectivity index (χ3n) is 6.61. The topological polar surface area (TPSA) is 56.1 Å². The number of phenols is 1. The van der Waals surface area contributed by atoms with Crippen LogP contribution in [0.4, 0.5) is 5.69 Å². The Morgan fingerprint density at radius 2 is 1.73 bits per heavy atom. The molecule has 3 atom stereocenters. The Bertz CT molecular complexity index is 996. The van der Waals surface area contributed by atoms with Gasteiger partial charge in [0, 0.05) is 24.5 Å². The van der Waals surface area contributed by atoms with Gasteiger partial charge < -0.3 is 10.0 Å². The summed E-state index contributed by atoms with van der Waals surface area (Å²) >= 11 is 12.6. The van der Waals surface area contributed by atoms with E-state index in [0.717, 1.165) is 18.7 Å². The molecule has 2 aromatic rings. The van der Waals surface area contributed by atoms with E-state index in [0.29, 0.717) is 39.7 Å². The molecule has 1 amide bonds. The molecule has 2 aliphatic heterocycles. The van der Waals surface area contributed by atoms with E-state index >= 15 is 0 Å². The van der Waals surface area contributed by atoms with Crippen LogP contribution in [0.5, 0.6) is 5.75 Å². The molecular formula is C23H23Cl2N3O2. The molecule has 0 spiro atoms. The second-order valence-corrected chi connectivity index (χ2v) is 9.30. The SMILES string of the molecule is O=C(C1=NN(c2ccc(Cl)cc2Cl)C(c2ccc(O)cc2)C1)N1CC2CCCC2C1. The minimum Gasteiger partial charge on any atom is -0.508 e. The number of carbonyl (C=O) groups is 1. The summed E-state index contributed by atoms with van der Waals surface area (Å²) in [5.74, 6) is 1.52. The van der Waals surface area contributed by atoms with Crippen molar-refractivity contribution in [3.05, 3.63) is 58.1 Å². The largest absolute Gasteiger partial charge is 0.508 e. The number of hydrogen-bond acceptors (Lipinski definition) is 4. The summed E-state index contributed by atoms with van der Waals surface area (Å²) in [6.07, 6.45) is 4.23. The standard InChI is InChI=1S/C23H23Cl2N3O2/c24-17-6-9-21(19(25)10-17)28-22(14-4-7-18(29)8-5-14)11-20(26-28)23(30)27-12-15-2-1-3-16(15)13-27/h4-10,15-16,22,29H,1-3,11-13H2. The van der Waals surface area contributed by atoms with Gasteiger partial charge in [-0.3, -0.25) is 9.80 Å². The zero-order valence-corrected chi connectivity index (χ0v) is 18.0. The number of halogens is 2. The highest BCUT2D eigenvalue weighted by molar-refractivity contribution is 6.40. The van der Waals surface area contributed by atoms with Gasteiger partial charge in [-0.05, 0) is 60.6 Å². The molecule has 2 heterocycles. The summed E-state index contributed by atoms with van der Waals surface area (Å²) in [4.78, 5) is 15.3. The Morgan fingerprint density at radius 1 is 1.03 bits per heavy atom. The summed E-state index contributed by atoms with van der Waals surface area (Å²) in [6, 6.07) is 12.1. The number of hydrazone groups is 1. The first-order chi connectivity index (χ1) is 14.5. The molecule has 3 unspecified atom stereocenters. The fourth-order valence-corrected chi connectivity index (χ4v) is 5.56. The third-order valence-corrected chi connectivity index (χ3v) is 7.14. The number of aromatic hydroxyl groups is 1. The van der Waals surface area contributed by atoms with Crippen molar-refractivity contribution in [1.29, 1.82) is 0 Å². The highest BCUT2D eigenvalue weighted by Crippen LogP contribution is 2.41. The molecule has 0 aromatic heterocycles. The zero-order chi connectivity index (χ0) is 20.8. The molecule has 156 valence electrons. The number of likely N-dealkylation sites (tertiary alicyclic amines) is 1. The van der Waals surface area contributed by atoms with Crippen molar-refractivity contribution >= 4 is 40.5 Å². The van der Waals surface area contributed by atoms with Gasteiger partial charge in [0.1, 0.15) is 11.5 Å². The molecule has 5 rings (SSSR count). The van der Waals surface area contributed by atoms with Crippen LogP contribution in [0, 0.1) is 11.8 Å². The number of phenolic OH excluding ortho intramolecular Hbond substituents is 1. The molecule has 30 heavy (non-hydrogen) atoms. The lowest BCUT2D eigenvalue weighted by Crippen LogP contribution is -2.35. The molecule has 1 saturated carbocycles. The first kappa shape index (κ1) is 19.7. The van der Waals surface area contributed by atoms with E-state index < -0.39 is 0 Å². The number of rotatable bonds is 3. The molecule has 1 N–H and O–H groups in total. The highest BCUT2D eigenvalue weighted by atomic mass is 35.5. The lowest BCUT2D eigenvalue weighted by atomic mass is 10.0. The molecule has 2 fully saturated rings. The average Bonchev–Trinajstić information content (AvgIpc) is 3.43. The maximum absolute atomic E-state index is 13.3. The van der Waals surface area contributed by atoms with Crippen molar-refractivity contribution in [3.63, 3.8) is 0 Å². The van der Waals surface area contributed by atoms with Crippen LogP contribution in [0.25, 0.3) is 0 Å². The molecular weight excluding hydrogens is 421 g/mol. The van der Waals surface area contributed by atoms with Gasteiger partial charge in [0.15, 0.2) is 0 Å². The van der Waals surface area contributed by atoms with Gasteiger partial charge in [-0.1, -0.05) is 41.8 Å². The summed E-state index contributed by atoms with van der Waals surface area (Å²) < 4.78 is 0. The Morgan fingerprint density at radius 3 is 2.40 bits per heavy atom. The fraction of sp³-hybridized carbons (Fsp3) is 0.391. The van der Waals surface area contributed by atoms with Crippen LogP contribution in [0.1, 0.15) is 37.3 Å². The Labute approximate surface area is 185 Å². The van der Waals surface area contributed by atoms with Crippen LogP contribution < -0.4 is 5.01 Å². The van der Waals surface area contributed by atoms with Crippen molar-refractivity contribution in [3.8, 4) is 5.75 Å². The second-order valence-electron chi connectivity index (χ2n) is 8.46. The van der Waals surface area contributed by atoms with Gasteiger partial charge in [-0.15, -0.1) is 0 Å². The van der Waals surface area contributed by atoms with Crippen LogP contribution in [-0.4, -0.2) is 34.7 Å². The number of carbonyl (C=O) groups excluding carboxylic acids is 1. The Balaban J connectivity index is 1.46. The van der Waals surface area contributed by atoms with Crippen LogP contribution in [0.3, 0.4) is 0 Å². The quantitative estimate of drug-likeness (QED) is 0.702. The van der Waals surface area contributed by atoms with E-state index in [1.54, 1.807) is 24.3 Å². The normalized spacial score (nSPS) is 25.5. The van der Waals surface area contributed by atoms with Crippen LogP contribution in [-0.2, 0) is 4.79 Å². The smallest absolute Gasteiger partial charge is 0.270 e. The van der Waals surface area contributed by atoms with E-state index in [1.165, 1.54) is 19.3 Å². The minimum absolute atomic E-state index is 0.0285. The third kappa shape index (κ3) is 3.54. The van der Waals surface area contributed by atoms with E-state index in [-0.39, 0.29) is 17.7 Å². The van der Waals surface area contributed by atoms with Gasteiger partial charge >= 0.3 is 0 Å². The van der Waals surface area contributed by atoms with Gasteiger partial charge in [-0.2, -0.15) is 5.10 Å². The number of amides is 1. The minimum atomic E-state index is -0.176. The molecule has 1 aliphatic carbocycles. The van der Waals surface area contributed by atoms with Gasteiger partial charge in [0.05, 0.1) is 16.8 Å². The molecule has 1 saturated heterocycles. The van der Waals surface area contributed by atoms with E-state index in [2.05, 4.69) is 0 Å². The average molecular weight is 444 g/mol. The molecule has 2 aromatic carbocycles. The van der Waals surface area contributed by atoms with E-state index in [4.69, 9.17) is 28.3 Å². The fourth-order valence-electron chi connectivity index (χ4n) is 5.07. The maximum atomic E-state index is 13.3. The first-order valence-corrected chi connectivity index (χ1v) is 11.1. The van der Waals surface area contributed by atoms with Crippen molar-refractivity contribution in [2.45, 2.75) is 31.7 Å². The monoisotopic (exact) mass is 443 g/mol. The summed E-state index contributed by atoms with van der Waals surface area (Å²) in [6.45, 7) is 1.68. The molecule has 0 radical (unpaired) electrons. The zero-order valence-electron chi connectivity index (χ0n) is 16.5. The van der Waals surface area contributed by atoms with Crippen LogP contribution in [0.2, 0.25) is 10.0 Å². The summed E-state index contributed by atoms with van der Waals surface area (Å²) in [5, 5.41) is 17.3. The van der Waals surface area contributed by atoms with Crippen molar-refractivity contribution < 1.29 is 9.90 Å². The number of hydrogen-bond donors (Lipinski definition) is 1. The van der Waals surface area contributed by atoms with Crippen LogP contribution in [0.15, 0.2) is 47.6 Å². The first-order valence-electron chi connectivity index (χ1n) is 10.4. The van der Waals surface area contributed by atoms with Gasteiger partial charge in [0.2, 0.25) is 0 Å². The number of nitrogens with zero attached hydrogens (tertiary/aromatic N) is 3. The highest BCUT2D eigenvalue weighted by Gasteiger charge is 2.41. The number of fused-ring (bicyclic) bond motifs is 1. The molecule has 3 aliphatic rings. The summed E-state index contributed by atoms with van der Waals surface area (Å²) in [7, 11) is 0. The lowest BCUT2D eigenvalue weighted by Gasteiger charge is -2.25. The number of benzene rings is 2. The molecule has 7 heteroatoms. The predicted octanol–water partition coefficient (Wildman–Crippen LogP) is 5.26. The predicted molar refractivity (Wildman–Crippen MR) is 119 cm³/mol. The van der Waals surface area contributed by atoms with Gasteiger partial charge in [-0.25, -0.2) is 0 Å². The lowest BCUT2D eigenvalue weighted by molar-refractivity contribution is -0.123. The van der Waals surface area contributed by atoms with Crippen molar-refractivity contribution in [1.82, 2.24) is 4.90 Å². The Kier molecular flexibility index (Phi) is 5.11. The molecule has 5 nitrogen and oxygen atoms in total. The van der Waals surface area contributed by atoms with Crippen LogP contribution >= 0.6 is 23.2 Å². The van der Waals surface area contributed by atoms with Crippen molar-refractivity contribution in [2.75, 3.05) is 18.1 Å². The summed E-state index contributed by atoms with van der Waals surface area (Å²) in [5.41, 5.74) is 2.22. The Hall–Kier alpha value is -2.24. The molecule has 0 bridgehead atoms.